The maximum atomic E-state index is 11.4. The van der Waals surface area contributed by atoms with Gasteiger partial charge in [0, 0.05) is 12.6 Å². The van der Waals surface area contributed by atoms with Crippen molar-refractivity contribution in [2.75, 3.05) is 6.54 Å². The van der Waals surface area contributed by atoms with Crippen LogP contribution in [0.4, 0.5) is 0 Å². The van der Waals surface area contributed by atoms with Crippen LogP contribution in [0.5, 0.6) is 0 Å². The van der Waals surface area contributed by atoms with Gasteiger partial charge in [0.2, 0.25) is 0 Å². The van der Waals surface area contributed by atoms with E-state index in [1.807, 2.05) is 4.90 Å². The molecular formula is C10H13NO. The van der Waals surface area contributed by atoms with Crippen LogP contribution in [0, 0.1) is 17.8 Å². The van der Waals surface area contributed by atoms with E-state index < -0.39 is 0 Å². The first kappa shape index (κ1) is 7.67. The summed E-state index contributed by atoms with van der Waals surface area (Å²) in [5.74, 6) is 6.08. The van der Waals surface area contributed by atoms with Crippen molar-refractivity contribution in [1.82, 2.24) is 4.90 Å². The lowest BCUT2D eigenvalue weighted by Gasteiger charge is -2.24. The summed E-state index contributed by atoms with van der Waals surface area (Å²) in [7, 11) is 0. The van der Waals surface area contributed by atoms with Crippen LogP contribution >= 0.6 is 0 Å². The van der Waals surface area contributed by atoms with Crippen molar-refractivity contribution < 1.29 is 4.79 Å². The molecule has 1 aliphatic carbocycles. The molecule has 2 aliphatic rings. The zero-order valence-electron chi connectivity index (χ0n) is 7.34. The van der Waals surface area contributed by atoms with Gasteiger partial charge < -0.3 is 4.90 Å². The van der Waals surface area contributed by atoms with Crippen molar-refractivity contribution in [3.8, 4) is 11.8 Å². The maximum absolute atomic E-state index is 11.4. The van der Waals surface area contributed by atoms with Crippen LogP contribution in [0.15, 0.2) is 0 Å². The van der Waals surface area contributed by atoms with Crippen LogP contribution in [-0.2, 0) is 4.79 Å². The highest BCUT2D eigenvalue weighted by Gasteiger charge is 2.39. The lowest BCUT2D eigenvalue weighted by molar-refractivity contribution is -0.126. The lowest BCUT2D eigenvalue weighted by atomic mass is 10.1. The highest BCUT2D eigenvalue weighted by molar-refractivity contribution is 5.93. The summed E-state index contributed by atoms with van der Waals surface area (Å²) in [6.07, 6.45) is 3.73. The Bertz CT molecular complexity index is 261. The van der Waals surface area contributed by atoms with E-state index in [1.165, 1.54) is 19.3 Å². The average molecular weight is 163 g/mol. The largest absolute Gasteiger partial charge is 0.329 e. The van der Waals surface area contributed by atoms with Gasteiger partial charge in [-0.1, -0.05) is 5.92 Å². The molecule has 1 saturated carbocycles. The summed E-state index contributed by atoms with van der Waals surface area (Å²) in [4.78, 5) is 13.3. The number of hydrogen-bond acceptors (Lipinski definition) is 1. The minimum atomic E-state index is 0.0321. The van der Waals surface area contributed by atoms with Crippen LogP contribution in [0.3, 0.4) is 0 Å². The lowest BCUT2D eigenvalue weighted by Crippen LogP contribution is -2.36. The predicted octanol–water partition coefficient (Wildman–Crippen LogP) is 1.02. The molecule has 1 saturated heterocycles. The van der Waals surface area contributed by atoms with Crippen LogP contribution in [-0.4, -0.2) is 23.4 Å². The van der Waals surface area contributed by atoms with Gasteiger partial charge >= 0.3 is 0 Å². The first-order valence-corrected chi connectivity index (χ1v) is 4.54. The Labute approximate surface area is 72.9 Å². The van der Waals surface area contributed by atoms with Crippen molar-refractivity contribution >= 4 is 5.91 Å². The molecule has 1 heterocycles. The minimum absolute atomic E-state index is 0.0321. The fourth-order valence-corrected chi connectivity index (χ4v) is 2.35. The van der Waals surface area contributed by atoms with Gasteiger partial charge in [-0.25, -0.2) is 0 Å². The van der Waals surface area contributed by atoms with E-state index in [0.29, 0.717) is 6.04 Å². The molecule has 2 fully saturated rings. The number of hydrogen-bond donors (Lipinski definition) is 0. The van der Waals surface area contributed by atoms with Gasteiger partial charge in [-0.05, 0) is 38.0 Å². The van der Waals surface area contributed by atoms with Crippen LogP contribution in [0.2, 0.25) is 0 Å². The second kappa shape index (κ2) is 2.82. The number of piperidine rings is 1. The molecule has 2 atom stereocenters. The zero-order chi connectivity index (χ0) is 8.55. The number of nitrogens with zero attached hydrogens (tertiary/aromatic N) is 1. The molecule has 0 spiro atoms. The highest BCUT2D eigenvalue weighted by atomic mass is 16.2. The fraction of sp³-hybridized carbons (Fsp3) is 0.700. The summed E-state index contributed by atoms with van der Waals surface area (Å²) in [6.45, 7) is 2.67. The third-order valence-electron chi connectivity index (χ3n) is 2.90. The van der Waals surface area contributed by atoms with Gasteiger partial charge in [0.15, 0.2) is 0 Å². The van der Waals surface area contributed by atoms with E-state index in [9.17, 15) is 4.79 Å². The van der Waals surface area contributed by atoms with E-state index in [2.05, 4.69) is 11.8 Å². The smallest absolute Gasteiger partial charge is 0.298 e. The third kappa shape index (κ3) is 1.10. The molecule has 2 bridgehead atoms. The molecule has 64 valence electrons. The number of carbonyl (C=O) groups excluding carboxylic acids is 1. The third-order valence-corrected chi connectivity index (χ3v) is 2.90. The molecule has 2 heteroatoms. The quantitative estimate of drug-likeness (QED) is 0.488. The number of fused-ring (bicyclic) bond motifs is 2. The molecule has 0 aromatic carbocycles. The second-order valence-corrected chi connectivity index (χ2v) is 3.67. The summed E-state index contributed by atoms with van der Waals surface area (Å²) in [5.41, 5.74) is 0. The SMILES string of the molecule is CC#CC(=O)N1CC2CCC1C2. The Morgan fingerprint density at radius 3 is 2.83 bits per heavy atom. The summed E-state index contributed by atoms with van der Waals surface area (Å²) < 4.78 is 0. The van der Waals surface area contributed by atoms with E-state index in [-0.39, 0.29) is 5.91 Å². The van der Waals surface area contributed by atoms with Gasteiger partial charge in [-0.2, -0.15) is 0 Å². The number of rotatable bonds is 0. The molecule has 2 nitrogen and oxygen atoms in total. The maximum Gasteiger partial charge on any atom is 0.298 e. The number of carbonyl (C=O) groups is 1. The normalized spacial score (nSPS) is 31.6. The van der Waals surface area contributed by atoms with Gasteiger partial charge in [0.25, 0.3) is 5.91 Å². The van der Waals surface area contributed by atoms with Crippen molar-refractivity contribution in [3.05, 3.63) is 0 Å². The number of amides is 1. The van der Waals surface area contributed by atoms with E-state index in [4.69, 9.17) is 0 Å². The standard InChI is InChI=1S/C10H13NO/c1-2-3-10(12)11-7-8-4-5-9(11)6-8/h8-9H,4-7H2,1H3. The Kier molecular flexibility index (Phi) is 1.80. The van der Waals surface area contributed by atoms with Crippen LogP contribution < -0.4 is 0 Å². The summed E-state index contributed by atoms with van der Waals surface area (Å²) in [5, 5.41) is 0. The molecule has 0 aromatic rings. The summed E-state index contributed by atoms with van der Waals surface area (Å²) in [6, 6.07) is 0.517. The van der Waals surface area contributed by atoms with Crippen molar-refractivity contribution in [2.45, 2.75) is 32.2 Å². The molecular weight excluding hydrogens is 150 g/mol. The first-order chi connectivity index (χ1) is 5.81. The van der Waals surface area contributed by atoms with Gasteiger partial charge in [0.05, 0.1) is 0 Å². The van der Waals surface area contributed by atoms with Gasteiger partial charge in [0.1, 0.15) is 0 Å². The highest BCUT2D eigenvalue weighted by Crippen LogP contribution is 2.37. The monoisotopic (exact) mass is 163 g/mol. The molecule has 0 N–H and O–H groups in total. The Morgan fingerprint density at radius 2 is 2.33 bits per heavy atom. The van der Waals surface area contributed by atoms with Crippen molar-refractivity contribution in [1.29, 1.82) is 0 Å². The topological polar surface area (TPSA) is 20.3 Å². The van der Waals surface area contributed by atoms with Crippen molar-refractivity contribution in [2.24, 2.45) is 5.92 Å². The molecule has 1 amide bonds. The number of likely N-dealkylation sites (tertiary alicyclic amines) is 1. The second-order valence-electron chi connectivity index (χ2n) is 3.67. The zero-order valence-corrected chi connectivity index (χ0v) is 7.34. The average Bonchev–Trinajstić information content (AvgIpc) is 2.64. The Morgan fingerprint density at radius 1 is 1.50 bits per heavy atom. The molecule has 2 rings (SSSR count). The van der Waals surface area contributed by atoms with E-state index >= 15 is 0 Å². The molecule has 1 aliphatic heterocycles. The van der Waals surface area contributed by atoms with E-state index in [0.717, 1.165) is 12.5 Å². The fourth-order valence-electron chi connectivity index (χ4n) is 2.35. The van der Waals surface area contributed by atoms with E-state index in [1.54, 1.807) is 6.92 Å². The van der Waals surface area contributed by atoms with Gasteiger partial charge in [-0.3, -0.25) is 4.79 Å². The first-order valence-electron chi connectivity index (χ1n) is 4.54. The molecule has 0 aromatic heterocycles. The predicted molar refractivity (Wildman–Crippen MR) is 46.3 cm³/mol. The van der Waals surface area contributed by atoms with Crippen molar-refractivity contribution in [3.63, 3.8) is 0 Å². The Hall–Kier alpha value is -0.970. The van der Waals surface area contributed by atoms with Gasteiger partial charge in [-0.15, -0.1) is 0 Å². The molecule has 0 radical (unpaired) electrons. The Balaban J connectivity index is 2.05. The summed E-state index contributed by atoms with van der Waals surface area (Å²) >= 11 is 0. The minimum Gasteiger partial charge on any atom is -0.329 e. The molecule has 12 heavy (non-hydrogen) atoms. The van der Waals surface area contributed by atoms with Crippen LogP contribution in [0.25, 0.3) is 0 Å². The molecule has 2 unspecified atom stereocenters. The van der Waals surface area contributed by atoms with Crippen LogP contribution in [0.1, 0.15) is 26.2 Å².